The molecule has 1 aliphatic heterocycles. The van der Waals surface area contributed by atoms with Gasteiger partial charge in [0.25, 0.3) is 0 Å². The SMILES string of the molecule is CN(C)C1CCN(Cc2ccc(-c3ccccc3Sc3ccccc3)cc2)C1. The van der Waals surface area contributed by atoms with E-state index in [1.807, 2.05) is 11.8 Å². The molecule has 1 unspecified atom stereocenters. The van der Waals surface area contributed by atoms with Crippen molar-refractivity contribution in [3.05, 3.63) is 84.4 Å². The molecule has 28 heavy (non-hydrogen) atoms. The van der Waals surface area contributed by atoms with Crippen LogP contribution in [-0.2, 0) is 6.54 Å². The van der Waals surface area contributed by atoms with Gasteiger partial charge in [-0.1, -0.05) is 72.4 Å². The fraction of sp³-hybridized carbons (Fsp3) is 0.280. The minimum Gasteiger partial charge on any atom is -0.305 e. The van der Waals surface area contributed by atoms with Gasteiger partial charge < -0.3 is 4.90 Å². The Balaban J connectivity index is 1.47. The molecular formula is C25H28N2S. The topological polar surface area (TPSA) is 6.48 Å². The van der Waals surface area contributed by atoms with Crippen molar-refractivity contribution in [3.8, 4) is 11.1 Å². The van der Waals surface area contributed by atoms with Crippen molar-refractivity contribution in [2.24, 2.45) is 0 Å². The maximum absolute atomic E-state index is 2.57. The normalized spacial score (nSPS) is 17.3. The third-order valence-corrected chi connectivity index (χ3v) is 6.59. The first-order chi connectivity index (χ1) is 13.7. The summed E-state index contributed by atoms with van der Waals surface area (Å²) in [7, 11) is 4.38. The Morgan fingerprint density at radius 2 is 1.61 bits per heavy atom. The highest BCUT2D eigenvalue weighted by molar-refractivity contribution is 7.99. The molecule has 0 bridgehead atoms. The Kier molecular flexibility index (Phi) is 6.16. The molecule has 4 rings (SSSR count). The van der Waals surface area contributed by atoms with Crippen LogP contribution < -0.4 is 0 Å². The minimum atomic E-state index is 0.696. The molecule has 0 aliphatic carbocycles. The van der Waals surface area contributed by atoms with Gasteiger partial charge in [0.05, 0.1) is 0 Å². The number of nitrogens with zero attached hydrogens (tertiary/aromatic N) is 2. The molecule has 0 amide bonds. The largest absolute Gasteiger partial charge is 0.305 e. The van der Waals surface area contributed by atoms with E-state index in [-0.39, 0.29) is 0 Å². The van der Waals surface area contributed by atoms with Crippen LogP contribution in [0.4, 0.5) is 0 Å². The van der Waals surface area contributed by atoms with Crippen LogP contribution in [-0.4, -0.2) is 43.0 Å². The summed E-state index contributed by atoms with van der Waals surface area (Å²) in [6, 6.07) is 29.1. The van der Waals surface area contributed by atoms with Gasteiger partial charge in [-0.2, -0.15) is 0 Å². The second-order valence-corrected chi connectivity index (χ2v) is 8.86. The van der Waals surface area contributed by atoms with E-state index in [0.29, 0.717) is 6.04 Å². The van der Waals surface area contributed by atoms with Gasteiger partial charge in [-0.3, -0.25) is 4.90 Å². The zero-order chi connectivity index (χ0) is 19.3. The van der Waals surface area contributed by atoms with E-state index >= 15 is 0 Å². The lowest BCUT2D eigenvalue weighted by molar-refractivity contribution is 0.264. The molecule has 3 aromatic rings. The maximum atomic E-state index is 2.57. The quantitative estimate of drug-likeness (QED) is 0.539. The summed E-state index contributed by atoms with van der Waals surface area (Å²) in [5.74, 6) is 0. The first-order valence-corrected chi connectivity index (χ1v) is 10.8. The van der Waals surface area contributed by atoms with Crippen LogP contribution in [0.2, 0.25) is 0 Å². The smallest absolute Gasteiger partial charge is 0.0234 e. The number of likely N-dealkylation sites (N-methyl/N-ethyl adjacent to an activating group) is 1. The molecule has 3 heteroatoms. The number of likely N-dealkylation sites (tertiary alicyclic amines) is 1. The second kappa shape index (κ2) is 8.95. The van der Waals surface area contributed by atoms with Crippen molar-refractivity contribution >= 4 is 11.8 Å². The lowest BCUT2D eigenvalue weighted by atomic mass is 10.0. The van der Waals surface area contributed by atoms with Gasteiger partial charge in [-0.05, 0) is 55.4 Å². The van der Waals surface area contributed by atoms with Crippen LogP contribution in [0.15, 0.2) is 88.7 Å². The number of hydrogen-bond acceptors (Lipinski definition) is 3. The van der Waals surface area contributed by atoms with Gasteiger partial charge in [0.15, 0.2) is 0 Å². The Morgan fingerprint density at radius 3 is 2.32 bits per heavy atom. The van der Waals surface area contributed by atoms with Crippen LogP contribution in [0.1, 0.15) is 12.0 Å². The van der Waals surface area contributed by atoms with E-state index in [1.54, 1.807) is 0 Å². The van der Waals surface area contributed by atoms with Crippen molar-refractivity contribution in [2.45, 2.75) is 28.8 Å². The van der Waals surface area contributed by atoms with Crippen LogP contribution in [0, 0.1) is 0 Å². The van der Waals surface area contributed by atoms with Crippen LogP contribution >= 0.6 is 11.8 Å². The molecule has 3 aromatic carbocycles. The van der Waals surface area contributed by atoms with Gasteiger partial charge in [-0.15, -0.1) is 0 Å². The lowest BCUT2D eigenvalue weighted by Gasteiger charge is -2.20. The maximum Gasteiger partial charge on any atom is 0.0234 e. The van der Waals surface area contributed by atoms with Gasteiger partial charge in [0.1, 0.15) is 0 Å². The van der Waals surface area contributed by atoms with E-state index in [2.05, 4.69) is 103 Å². The highest BCUT2D eigenvalue weighted by atomic mass is 32.2. The van der Waals surface area contributed by atoms with Gasteiger partial charge in [0.2, 0.25) is 0 Å². The molecule has 1 heterocycles. The first kappa shape index (κ1) is 19.3. The predicted molar refractivity (Wildman–Crippen MR) is 120 cm³/mol. The summed E-state index contributed by atoms with van der Waals surface area (Å²) >= 11 is 1.83. The molecule has 0 radical (unpaired) electrons. The van der Waals surface area contributed by atoms with E-state index < -0.39 is 0 Å². The molecule has 1 fully saturated rings. The van der Waals surface area contributed by atoms with Crippen LogP contribution in [0.5, 0.6) is 0 Å². The molecule has 1 atom stereocenters. The van der Waals surface area contributed by atoms with E-state index in [9.17, 15) is 0 Å². The van der Waals surface area contributed by atoms with E-state index in [0.717, 1.165) is 6.54 Å². The van der Waals surface area contributed by atoms with Gasteiger partial charge in [-0.25, -0.2) is 0 Å². The minimum absolute atomic E-state index is 0.696. The Labute approximate surface area is 173 Å². The van der Waals surface area contributed by atoms with Crippen molar-refractivity contribution in [1.82, 2.24) is 9.80 Å². The predicted octanol–water partition coefficient (Wildman–Crippen LogP) is 5.64. The monoisotopic (exact) mass is 388 g/mol. The molecule has 1 aliphatic rings. The Morgan fingerprint density at radius 1 is 0.893 bits per heavy atom. The van der Waals surface area contributed by atoms with Crippen molar-refractivity contribution in [3.63, 3.8) is 0 Å². The average Bonchev–Trinajstić information content (AvgIpc) is 3.19. The summed E-state index contributed by atoms with van der Waals surface area (Å²) in [6.45, 7) is 3.41. The Bertz CT molecular complexity index is 890. The molecule has 0 N–H and O–H groups in total. The second-order valence-electron chi connectivity index (χ2n) is 7.75. The molecule has 0 spiro atoms. The van der Waals surface area contributed by atoms with Crippen molar-refractivity contribution in [2.75, 3.05) is 27.2 Å². The number of hydrogen-bond donors (Lipinski definition) is 0. The summed E-state index contributed by atoms with van der Waals surface area (Å²) < 4.78 is 0. The average molecular weight is 389 g/mol. The summed E-state index contributed by atoms with van der Waals surface area (Å²) in [5.41, 5.74) is 3.99. The standard InChI is InChI=1S/C25H28N2S/c1-26(2)22-16-17-27(19-22)18-20-12-14-21(15-13-20)24-10-6-7-11-25(24)28-23-8-4-3-5-9-23/h3-15,22H,16-19H2,1-2H3. The number of benzene rings is 3. The zero-order valence-corrected chi connectivity index (χ0v) is 17.5. The fourth-order valence-electron chi connectivity index (χ4n) is 3.83. The summed E-state index contributed by atoms with van der Waals surface area (Å²) in [5, 5.41) is 0. The first-order valence-electron chi connectivity index (χ1n) is 9.99. The molecule has 144 valence electrons. The highest BCUT2D eigenvalue weighted by Crippen LogP contribution is 2.36. The summed E-state index contributed by atoms with van der Waals surface area (Å²) in [6.07, 6.45) is 1.27. The van der Waals surface area contributed by atoms with Gasteiger partial charge >= 0.3 is 0 Å². The van der Waals surface area contributed by atoms with Gasteiger partial charge in [0, 0.05) is 35.5 Å². The molecule has 0 aromatic heterocycles. The molecular weight excluding hydrogens is 360 g/mol. The van der Waals surface area contributed by atoms with E-state index in [1.165, 1.54) is 46.0 Å². The zero-order valence-electron chi connectivity index (χ0n) is 16.7. The van der Waals surface area contributed by atoms with Crippen LogP contribution in [0.25, 0.3) is 11.1 Å². The Hall–Kier alpha value is -2.07. The van der Waals surface area contributed by atoms with E-state index in [4.69, 9.17) is 0 Å². The highest BCUT2D eigenvalue weighted by Gasteiger charge is 2.23. The van der Waals surface area contributed by atoms with Crippen molar-refractivity contribution in [1.29, 1.82) is 0 Å². The van der Waals surface area contributed by atoms with Crippen molar-refractivity contribution < 1.29 is 0 Å². The molecule has 0 saturated carbocycles. The van der Waals surface area contributed by atoms with Crippen LogP contribution in [0.3, 0.4) is 0 Å². The third-order valence-electron chi connectivity index (χ3n) is 5.51. The molecule has 1 saturated heterocycles. The molecule has 2 nitrogen and oxygen atoms in total. The fourth-order valence-corrected chi connectivity index (χ4v) is 4.82. The third kappa shape index (κ3) is 4.67. The lowest BCUT2D eigenvalue weighted by Crippen LogP contribution is -2.31. The summed E-state index contributed by atoms with van der Waals surface area (Å²) in [4.78, 5) is 7.49. The number of rotatable bonds is 6.